The van der Waals surface area contributed by atoms with Crippen LogP contribution < -0.4 is 9.46 Å². The van der Waals surface area contributed by atoms with Gasteiger partial charge < -0.3 is 13.9 Å². The zero-order chi connectivity index (χ0) is 20.0. The van der Waals surface area contributed by atoms with Crippen LogP contribution in [0.25, 0.3) is 11.0 Å². The number of carbonyl (C=O) groups is 1. The van der Waals surface area contributed by atoms with Gasteiger partial charge in [0.25, 0.3) is 0 Å². The lowest BCUT2D eigenvalue weighted by atomic mass is 10.2. The third kappa shape index (κ3) is 5.11. The highest BCUT2D eigenvalue weighted by Gasteiger charge is 2.15. The second-order valence-corrected chi connectivity index (χ2v) is 8.06. The number of aryl methyl sites for hydroxylation is 1. The number of benzene rings is 2. The molecule has 1 aromatic heterocycles. The van der Waals surface area contributed by atoms with E-state index in [2.05, 4.69) is 9.46 Å². The van der Waals surface area contributed by atoms with E-state index in [9.17, 15) is 13.2 Å². The van der Waals surface area contributed by atoms with Crippen molar-refractivity contribution in [1.82, 2.24) is 4.72 Å². The van der Waals surface area contributed by atoms with Crippen molar-refractivity contribution in [3.63, 3.8) is 0 Å². The average Bonchev–Trinajstić information content (AvgIpc) is 3.13. The zero-order valence-corrected chi connectivity index (χ0v) is 16.2. The van der Waals surface area contributed by atoms with Gasteiger partial charge in [-0.05, 0) is 18.1 Å². The average molecular weight is 403 g/mol. The summed E-state index contributed by atoms with van der Waals surface area (Å²) >= 11 is 0. The van der Waals surface area contributed by atoms with E-state index < -0.39 is 16.0 Å². The standard InChI is InChI=1S/C20H21NO6S/c1-25-19(22)14-26-18-9-5-8-17-16(13-27-20(17)18)12-21-28(23,24)11-10-15-6-3-2-4-7-15/h2-9,13,21H,10-12,14H2,1H3. The Morgan fingerprint density at radius 3 is 2.64 bits per heavy atom. The first-order chi connectivity index (χ1) is 13.5. The molecule has 0 amide bonds. The highest BCUT2D eigenvalue weighted by atomic mass is 32.2. The molecule has 3 aromatic rings. The van der Waals surface area contributed by atoms with Gasteiger partial charge in [-0.2, -0.15) is 0 Å². The SMILES string of the molecule is COC(=O)COc1cccc2c(CNS(=O)(=O)CCc3ccccc3)coc12. The van der Waals surface area contributed by atoms with Crippen LogP contribution in [0.15, 0.2) is 59.2 Å². The van der Waals surface area contributed by atoms with Gasteiger partial charge in [-0.15, -0.1) is 0 Å². The van der Waals surface area contributed by atoms with Gasteiger partial charge in [0.2, 0.25) is 10.0 Å². The summed E-state index contributed by atoms with van der Waals surface area (Å²) in [6.45, 7) is -0.137. The maximum absolute atomic E-state index is 12.3. The second-order valence-electron chi connectivity index (χ2n) is 6.13. The topological polar surface area (TPSA) is 94.8 Å². The van der Waals surface area contributed by atoms with Crippen LogP contribution in [0.1, 0.15) is 11.1 Å². The number of ether oxygens (including phenoxy) is 2. The second kappa shape index (κ2) is 8.90. The van der Waals surface area contributed by atoms with Crippen molar-refractivity contribution < 1.29 is 27.1 Å². The molecule has 0 saturated heterocycles. The predicted molar refractivity (Wildman–Crippen MR) is 104 cm³/mol. The molecule has 3 rings (SSSR count). The number of fused-ring (bicyclic) bond motifs is 1. The molecule has 0 bridgehead atoms. The molecule has 0 unspecified atom stereocenters. The van der Waals surface area contributed by atoms with E-state index in [1.54, 1.807) is 18.2 Å². The van der Waals surface area contributed by atoms with Crippen molar-refractivity contribution in [2.75, 3.05) is 19.5 Å². The van der Waals surface area contributed by atoms with E-state index in [1.165, 1.54) is 13.4 Å². The fourth-order valence-corrected chi connectivity index (χ4v) is 3.71. The summed E-state index contributed by atoms with van der Waals surface area (Å²) in [6.07, 6.45) is 1.92. The molecule has 1 N–H and O–H groups in total. The number of nitrogens with one attached hydrogen (secondary N) is 1. The maximum atomic E-state index is 12.3. The van der Waals surface area contributed by atoms with Crippen molar-refractivity contribution in [3.8, 4) is 5.75 Å². The summed E-state index contributed by atoms with van der Waals surface area (Å²) in [5.74, 6) is -0.114. The van der Waals surface area contributed by atoms with Crippen LogP contribution in [0, 0.1) is 0 Å². The summed E-state index contributed by atoms with van der Waals surface area (Å²) in [4.78, 5) is 11.2. The van der Waals surface area contributed by atoms with E-state index in [0.717, 1.165) is 5.56 Å². The quantitative estimate of drug-likeness (QED) is 0.552. The lowest BCUT2D eigenvalue weighted by Gasteiger charge is -2.07. The Kier molecular flexibility index (Phi) is 6.33. The Balaban J connectivity index is 1.65. The van der Waals surface area contributed by atoms with E-state index in [4.69, 9.17) is 9.15 Å². The minimum atomic E-state index is -3.44. The molecule has 7 nitrogen and oxygen atoms in total. The van der Waals surface area contributed by atoms with Crippen LogP contribution >= 0.6 is 0 Å². The number of methoxy groups -OCH3 is 1. The van der Waals surface area contributed by atoms with E-state index in [-0.39, 0.29) is 18.9 Å². The lowest BCUT2D eigenvalue weighted by molar-refractivity contribution is -0.142. The fourth-order valence-electron chi connectivity index (χ4n) is 2.69. The van der Waals surface area contributed by atoms with Crippen molar-refractivity contribution in [2.24, 2.45) is 0 Å². The van der Waals surface area contributed by atoms with Crippen LogP contribution in [-0.2, 0) is 32.5 Å². The normalized spacial score (nSPS) is 11.5. The first kappa shape index (κ1) is 19.9. The number of esters is 1. The minimum Gasteiger partial charge on any atom is -0.478 e. The van der Waals surface area contributed by atoms with Gasteiger partial charge >= 0.3 is 5.97 Å². The van der Waals surface area contributed by atoms with Gasteiger partial charge in [-0.25, -0.2) is 17.9 Å². The summed E-state index contributed by atoms with van der Waals surface area (Å²) in [5.41, 5.74) is 2.10. The largest absolute Gasteiger partial charge is 0.478 e. The molecular formula is C20H21NO6S. The molecule has 0 aliphatic heterocycles. The highest BCUT2D eigenvalue weighted by Crippen LogP contribution is 2.29. The summed E-state index contributed by atoms with van der Waals surface area (Å²) in [5, 5.41) is 0.716. The van der Waals surface area contributed by atoms with E-state index in [1.807, 2.05) is 30.3 Å². The molecule has 0 atom stereocenters. The minimum absolute atomic E-state index is 0.000285. The Hall–Kier alpha value is -2.84. The first-order valence-corrected chi connectivity index (χ1v) is 10.3. The molecule has 0 aliphatic rings. The molecule has 0 fully saturated rings. The van der Waals surface area contributed by atoms with Crippen molar-refractivity contribution in [3.05, 3.63) is 65.9 Å². The van der Waals surface area contributed by atoms with Crippen LogP contribution in [0.4, 0.5) is 0 Å². The number of furan rings is 1. The molecule has 0 saturated carbocycles. The maximum Gasteiger partial charge on any atom is 0.343 e. The van der Waals surface area contributed by atoms with Gasteiger partial charge in [0.05, 0.1) is 19.1 Å². The molecule has 8 heteroatoms. The van der Waals surface area contributed by atoms with Crippen molar-refractivity contribution >= 4 is 27.0 Å². The predicted octanol–water partition coefficient (Wildman–Crippen LogP) is 2.65. The number of sulfonamides is 1. The van der Waals surface area contributed by atoms with Crippen LogP contribution in [0.5, 0.6) is 5.75 Å². The summed E-state index contributed by atoms with van der Waals surface area (Å²) in [6, 6.07) is 14.7. The van der Waals surface area contributed by atoms with Crippen molar-refractivity contribution in [2.45, 2.75) is 13.0 Å². The van der Waals surface area contributed by atoms with Gasteiger partial charge in [-0.3, -0.25) is 0 Å². The Labute approximate surface area is 163 Å². The third-order valence-corrected chi connectivity index (χ3v) is 5.53. The number of para-hydroxylation sites is 1. The Morgan fingerprint density at radius 2 is 1.89 bits per heavy atom. The fraction of sp³-hybridized carbons (Fsp3) is 0.250. The van der Waals surface area contributed by atoms with E-state index in [0.29, 0.717) is 28.7 Å². The number of carbonyl (C=O) groups excluding carboxylic acids is 1. The first-order valence-electron chi connectivity index (χ1n) is 8.68. The molecule has 0 spiro atoms. The van der Waals surface area contributed by atoms with E-state index >= 15 is 0 Å². The monoisotopic (exact) mass is 403 g/mol. The number of rotatable bonds is 9. The molecule has 0 radical (unpaired) electrons. The molecule has 28 heavy (non-hydrogen) atoms. The van der Waals surface area contributed by atoms with Crippen LogP contribution in [0.3, 0.4) is 0 Å². The van der Waals surface area contributed by atoms with Gasteiger partial charge in [0.1, 0.15) is 0 Å². The molecule has 0 aliphatic carbocycles. The van der Waals surface area contributed by atoms with Gasteiger partial charge in [0, 0.05) is 17.5 Å². The summed E-state index contributed by atoms with van der Waals surface area (Å²) < 4.78 is 42.7. The number of hydrogen-bond donors (Lipinski definition) is 1. The van der Waals surface area contributed by atoms with Crippen LogP contribution in [0.2, 0.25) is 0 Å². The van der Waals surface area contributed by atoms with Gasteiger partial charge in [-0.1, -0.05) is 42.5 Å². The molecule has 1 heterocycles. The van der Waals surface area contributed by atoms with Gasteiger partial charge in [0.15, 0.2) is 17.9 Å². The lowest BCUT2D eigenvalue weighted by Crippen LogP contribution is -2.26. The summed E-state index contributed by atoms with van der Waals surface area (Å²) in [7, 11) is -2.16. The zero-order valence-electron chi connectivity index (χ0n) is 15.4. The number of hydrogen-bond acceptors (Lipinski definition) is 6. The Bertz CT molecular complexity index is 1040. The highest BCUT2D eigenvalue weighted by molar-refractivity contribution is 7.89. The molecule has 148 valence electrons. The smallest absolute Gasteiger partial charge is 0.343 e. The Morgan fingerprint density at radius 1 is 1.11 bits per heavy atom. The molecular weight excluding hydrogens is 382 g/mol. The van der Waals surface area contributed by atoms with Crippen molar-refractivity contribution in [1.29, 1.82) is 0 Å². The third-order valence-electron chi connectivity index (χ3n) is 4.20. The molecule has 2 aromatic carbocycles. The van der Waals surface area contributed by atoms with Crippen LogP contribution in [-0.4, -0.2) is 33.9 Å².